The van der Waals surface area contributed by atoms with Crippen molar-refractivity contribution in [1.82, 2.24) is 0 Å². The van der Waals surface area contributed by atoms with Crippen LogP contribution in [0, 0.1) is 46.3 Å². The number of esters is 1. The third-order valence-corrected chi connectivity index (χ3v) is 10.6. The molecule has 0 spiro atoms. The Balaban J connectivity index is 1.44. The van der Waals surface area contributed by atoms with Crippen molar-refractivity contribution in [2.24, 2.45) is 52.1 Å². The largest absolute Gasteiger partial charge is 0.481 e. The van der Waals surface area contributed by atoms with Crippen molar-refractivity contribution in [3.8, 4) is 0 Å². The zero-order valence-electron chi connectivity index (χ0n) is 21.4. The standard InChI is InChI=1S/C28H43NO6/c1-16(4-9-24(30)31)20-7-8-21-19-6-5-17-14-18(35-26(34)23(29)15-25(32)33)10-12-27(17,2)22(19)11-13-28(20,21)3/h11,13,16-23H,4-10,12,14-15,29H2,1-3H3,(H,30,31)(H,32,33)/t16-,17-,18-,19+,20?,21+,22+,23+,27+,28-/m1/s1. The first-order valence-electron chi connectivity index (χ1n) is 13.5. The normalized spacial score (nSPS) is 41.7. The maximum atomic E-state index is 12.3. The number of hydrogen-bond donors (Lipinski definition) is 3. The molecule has 7 nitrogen and oxygen atoms in total. The van der Waals surface area contributed by atoms with Crippen LogP contribution in [0.25, 0.3) is 0 Å². The number of carboxylic acids is 2. The van der Waals surface area contributed by atoms with Crippen molar-refractivity contribution in [3.05, 3.63) is 12.2 Å². The molecular weight excluding hydrogens is 446 g/mol. The van der Waals surface area contributed by atoms with E-state index in [1.54, 1.807) is 0 Å². The van der Waals surface area contributed by atoms with Gasteiger partial charge in [-0.15, -0.1) is 0 Å². The lowest BCUT2D eigenvalue weighted by Gasteiger charge is -2.59. The van der Waals surface area contributed by atoms with Crippen LogP contribution in [-0.4, -0.2) is 40.3 Å². The molecule has 3 saturated carbocycles. The van der Waals surface area contributed by atoms with Gasteiger partial charge in [0.2, 0.25) is 0 Å². The Bertz CT molecular complexity index is 872. The van der Waals surface area contributed by atoms with E-state index in [4.69, 9.17) is 20.7 Å². The van der Waals surface area contributed by atoms with Crippen molar-refractivity contribution in [3.63, 3.8) is 0 Å². The number of hydrogen-bond acceptors (Lipinski definition) is 5. The lowest BCUT2D eigenvalue weighted by Crippen LogP contribution is -2.52. The Kier molecular flexibility index (Phi) is 7.38. The highest BCUT2D eigenvalue weighted by molar-refractivity contribution is 5.81. The molecule has 0 bridgehead atoms. The number of carboxylic acid groups (broad SMARTS) is 2. The molecule has 0 saturated heterocycles. The molecule has 4 rings (SSSR count). The highest BCUT2D eigenvalue weighted by Crippen LogP contribution is 2.66. The number of carbonyl (C=O) groups excluding carboxylic acids is 1. The van der Waals surface area contributed by atoms with Crippen LogP contribution in [0.4, 0.5) is 0 Å². The fraction of sp³-hybridized carbons (Fsp3) is 0.821. The minimum atomic E-state index is -1.11. The SMILES string of the molecule is C[C@H](CCC(=O)O)C1CC[C@H]2[C@@H]3CC[C@@H]4C[C@H](OC(=O)[C@@H](N)CC(=O)O)CC[C@]4(C)[C@H]3C=C[C@]12C. The zero-order chi connectivity index (χ0) is 25.5. The molecule has 0 aromatic carbocycles. The predicted octanol–water partition coefficient (Wildman–Crippen LogP) is 4.64. The minimum absolute atomic E-state index is 0.148. The maximum absolute atomic E-state index is 12.3. The maximum Gasteiger partial charge on any atom is 0.323 e. The van der Waals surface area contributed by atoms with Crippen LogP contribution in [0.2, 0.25) is 0 Å². The molecular formula is C28H43NO6. The van der Waals surface area contributed by atoms with Gasteiger partial charge in [-0.3, -0.25) is 14.4 Å². The monoisotopic (exact) mass is 489 g/mol. The molecule has 0 aromatic heterocycles. The summed E-state index contributed by atoms with van der Waals surface area (Å²) in [6, 6.07) is -1.11. The smallest absolute Gasteiger partial charge is 0.323 e. The van der Waals surface area contributed by atoms with Gasteiger partial charge in [0.1, 0.15) is 12.1 Å². The number of allylic oxidation sites excluding steroid dienone is 2. The number of nitrogens with two attached hydrogens (primary N) is 1. The van der Waals surface area contributed by atoms with E-state index in [1.807, 2.05) is 0 Å². The summed E-state index contributed by atoms with van der Waals surface area (Å²) in [5.41, 5.74) is 6.04. The van der Waals surface area contributed by atoms with Crippen LogP contribution in [0.1, 0.15) is 85.0 Å². The van der Waals surface area contributed by atoms with E-state index in [1.165, 1.54) is 19.3 Å². The molecule has 0 amide bonds. The van der Waals surface area contributed by atoms with Gasteiger partial charge in [0.15, 0.2) is 0 Å². The second-order valence-corrected chi connectivity index (χ2v) is 12.4. The van der Waals surface area contributed by atoms with E-state index in [9.17, 15) is 14.4 Å². The van der Waals surface area contributed by atoms with Gasteiger partial charge >= 0.3 is 17.9 Å². The molecule has 0 radical (unpaired) electrons. The van der Waals surface area contributed by atoms with Crippen LogP contribution in [0.15, 0.2) is 12.2 Å². The first-order valence-corrected chi connectivity index (χ1v) is 13.5. The Morgan fingerprint density at radius 1 is 1.09 bits per heavy atom. The first kappa shape index (κ1) is 26.2. The fourth-order valence-corrected chi connectivity index (χ4v) is 8.71. The molecule has 10 atom stereocenters. The molecule has 3 fully saturated rings. The molecule has 1 unspecified atom stereocenters. The lowest BCUT2D eigenvalue weighted by molar-refractivity contribution is -0.160. The van der Waals surface area contributed by atoms with Crippen molar-refractivity contribution in [1.29, 1.82) is 0 Å². The van der Waals surface area contributed by atoms with Gasteiger partial charge in [-0.05, 0) is 97.7 Å². The van der Waals surface area contributed by atoms with Gasteiger partial charge in [0.05, 0.1) is 6.42 Å². The van der Waals surface area contributed by atoms with Crippen molar-refractivity contribution in [2.45, 2.75) is 97.1 Å². The van der Waals surface area contributed by atoms with E-state index >= 15 is 0 Å². The summed E-state index contributed by atoms with van der Waals surface area (Å²) >= 11 is 0. The summed E-state index contributed by atoms with van der Waals surface area (Å²) in [5, 5.41) is 18.0. The van der Waals surface area contributed by atoms with E-state index in [-0.39, 0.29) is 23.4 Å². The molecule has 4 aliphatic rings. The van der Waals surface area contributed by atoms with Crippen LogP contribution in [-0.2, 0) is 19.1 Å². The summed E-state index contributed by atoms with van der Waals surface area (Å²) in [7, 11) is 0. The minimum Gasteiger partial charge on any atom is -0.481 e. The molecule has 4 N–H and O–H groups in total. The molecule has 35 heavy (non-hydrogen) atoms. The van der Waals surface area contributed by atoms with Crippen LogP contribution < -0.4 is 5.73 Å². The summed E-state index contributed by atoms with van der Waals surface area (Å²) in [6.45, 7) is 7.09. The van der Waals surface area contributed by atoms with Gasteiger partial charge in [0.25, 0.3) is 0 Å². The van der Waals surface area contributed by atoms with Gasteiger partial charge in [-0.2, -0.15) is 0 Å². The van der Waals surface area contributed by atoms with Crippen molar-refractivity contribution >= 4 is 17.9 Å². The van der Waals surface area contributed by atoms with Gasteiger partial charge in [-0.25, -0.2) is 0 Å². The van der Waals surface area contributed by atoms with Crippen LogP contribution in [0.5, 0.6) is 0 Å². The predicted molar refractivity (Wildman–Crippen MR) is 131 cm³/mol. The Morgan fingerprint density at radius 3 is 2.51 bits per heavy atom. The summed E-state index contributed by atoms with van der Waals surface area (Å²) in [4.78, 5) is 34.3. The molecule has 7 heteroatoms. The van der Waals surface area contributed by atoms with Gasteiger partial charge in [0, 0.05) is 6.42 Å². The van der Waals surface area contributed by atoms with Crippen LogP contribution in [0.3, 0.4) is 0 Å². The molecule has 0 aliphatic heterocycles. The Morgan fingerprint density at radius 2 is 1.83 bits per heavy atom. The fourth-order valence-electron chi connectivity index (χ4n) is 8.71. The van der Waals surface area contributed by atoms with Crippen molar-refractivity contribution in [2.75, 3.05) is 0 Å². The Labute approximate surface area is 208 Å². The van der Waals surface area contributed by atoms with E-state index in [2.05, 4.69) is 32.9 Å². The highest BCUT2D eigenvalue weighted by atomic mass is 16.5. The third-order valence-electron chi connectivity index (χ3n) is 10.6. The number of ether oxygens (including phenoxy) is 1. The molecule has 0 aromatic rings. The van der Waals surface area contributed by atoms with E-state index in [0.717, 1.165) is 32.1 Å². The van der Waals surface area contributed by atoms with E-state index in [0.29, 0.717) is 35.5 Å². The second-order valence-electron chi connectivity index (χ2n) is 12.4. The summed E-state index contributed by atoms with van der Waals surface area (Å²) in [6.07, 6.45) is 12.8. The quantitative estimate of drug-likeness (QED) is 0.335. The topological polar surface area (TPSA) is 127 Å². The van der Waals surface area contributed by atoms with Gasteiger partial charge in [-0.1, -0.05) is 32.9 Å². The molecule has 196 valence electrons. The highest BCUT2D eigenvalue weighted by Gasteiger charge is 2.59. The van der Waals surface area contributed by atoms with Crippen molar-refractivity contribution < 1.29 is 29.3 Å². The average Bonchev–Trinajstić information content (AvgIpc) is 3.14. The number of aliphatic carboxylic acids is 2. The average molecular weight is 490 g/mol. The number of fused-ring (bicyclic) bond motifs is 5. The lowest BCUT2D eigenvalue weighted by atomic mass is 9.46. The van der Waals surface area contributed by atoms with Gasteiger partial charge < -0.3 is 20.7 Å². The molecule has 4 aliphatic carbocycles. The third kappa shape index (κ3) is 4.90. The summed E-state index contributed by atoms with van der Waals surface area (Å²) in [5.74, 6) is 0.870. The van der Waals surface area contributed by atoms with E-state index < -0.39 is 30.4 Å². The molecule has 0 heterocycles. The second kappa shape index (κ2) is 9.87. The van der Waals surface area contributed by atoms with Crippen LogP contribution >= 0.6 is 0 Å². The number of carbonyl (C=O) groups is 3. The zero-order valence-corrected chi connectivity index (χ0v) is 21.4. The first-order chi connectivity index (χ1) is 16.5. The Hall–Kier alpha value is -1.89. The summed E-state index contributed by atoms with van der Waals surface area (Å²) < 4.78 is 5.66. The number of rotatable bonds is 8.